The van der Waals surface area contributed by atoms with Crippen molar-refractivity contribution in [2.75, 3.05) is 5.32 Å². The summed E-state index contributed by atoms with van der Waals surface area (Å²) in [5, 5.41) is 17.1. The van der Waals surface area contributed by atoms with Crippen molar-refractivity contribution in [1.82, 2.24) is 14.8 Å². The van der Waals surface area contributed by atoms with Crippen LogP contribution in [0.25, 0.3) is 5.69 Å². The number of rotatable bonds is 5. The number of aromatic carboxylic acids is 1. The molecule has 2 heterocycles. The van der Waals surface area contributed by atoms with Crippen LogP contribution in [0.3, 0.4) is 0 Å². The Morgan fingerprint density at radius 2 is 2.04 bits per heavy atom. The van der Waals surface area contributed by atoms with Crippen molar-refractivity contribution in [3.8, 4) is 5.69 Å². The van der Waals surface area contributed by atoms with Gasteiger partial charge in [0.1, 0.15) is 23.0 Å². The predicted molar refractivity (Wildman–Crippen MR) is 105 cm³/mol. The number of pyridine rings is 1. The van der Waals surface area contributed by atoms with Gasteiger partial charge in [-0.1, -0.05) is 26.8 Å². The van der Waals surface area contributed by atoms with Crippen LogP contribution in [0.1, 0.15) is 42.4 Å². The molecule has 0 atom stereocenters. The first-order chi connectivity index (χ1) is 13.2. The number of nitrogens with one attached hydrogen (secondary N) is 1. The van der Waals surface area contributed by atoms with Crippen molar-refractivity contribution < 1.29 is 14.3 Å². The summed E-state index contributed by atoms with van der Waals surface area (Å²) in [7, 11) is 0. The number of hydrogen-bond acceptors (Lipinski definition) is 5. The molecule has 0 spiro atoms. The fraction of sp³-hybridized carbons (Fsp3) is 0.250. The summed E-state index contributed by atoms with van der Waals surface area (Å²) in [6.45, 7) is 6.21. The molecule has 0 radical (unpaired) electrons. The van der Waals surface area contributed by atoms with E-state index in [0.717, 1.165) is 5.69 Å². The van der Waals surface area contributed by atoms with Crippen LogP contribution in [0.5, 0.6) is 0 Å². The van der Waals surface area contributed by atoms with Crippen molar-refractivity contribution in [3.05, 3.63) is 65.2 Å². The summed E-state index contributed by atoms with van der Waals surface area (Å²) in [6.07, 6.45) is 1.49. The molecule has 8 heteroatoms. The number of carboxylic acids is 1. The second-order valence-corrected chi connectivity index (χ2v) is 7.38. The zero-order valence-electron chi connectivity index (χ0n) is 15.9. The molecule has 0 saturated heterocycles. The van der Waals surface area contributed by atoms with Gasteiger partial charge in [0.2, 0.25) is 0 Å². The topological polar surface area (TPSA) is 106 Å². The predicted octanol–water partition coefficient (Wildman–Crippen LogP) is 3.60. The van der Waals surface area contributed by atoms with Crippen LogP contribution in [0.15, 0.2) is 42.6 Å². The quantitative estimate of drug-likeness (QED) is 0.621. The molecular weight excluding hydrogens is 361 g/mol. The molecule has 0 aliphatic heterocycles. The highest BCUT2D eigenvalue weighted by Crippen LogP contribution is 2.30. The normalized spacial score (nSPS) is 11.5. The first-order valence-corrected chi connectivity index (χ1v) is 8.75. The van der Waals surface area contributed by atoms with Crippen LogP contribution < -0.4 is 11.1 Å². The van der Waals surface area contributed by atoms with Gasteiger partial charge in [-0.2, -0.15) is 5.10 Å². The molecule has 7 nitrogen and oxygen atoms in total. The molecule has 146 valence electrons. The summed E-state index contributed by atoms with van der Waals surface area (Å²) in [5.41, 5.74) is 7.49. The van der Waals surface area contributed by atoms with Crippen molar-refractivity contribution >= 4 is 17.6 Å². The summed E-state index contributed by atoms with van der Waals surface area (Å²) < 4.78 is 15.5. The minimum absolute atomic E-state index is 0.0193. The van der Waals surface area contributed by atoms with Crippen LogP contribution in [0, 0.1) is 5.82 Å². The van der Waals surface area contributed by atoms with E-state index in [-0.39, 0.29) is 23.3 Å². The fourth-order valence-electron chi connectivity index (χ4n) is 2.73. The van der Waals surface area contributed by atoms with Crippen LogP contribution in [-0.4, -0.2) is 25.8 Å². The van der Waals surface area contributed by atoms with E-state index in [1.54, 1.807) is 18.2 Å². The molecule has 2 aromatic heterocycles. The Morgan fingerprint density at radius 3 is 2.68 bits per heavy atom. The number of benzene rings is 1. The highest BCUT2D eigenvalue weighted by Gasteiger charge is 2.23. The Kier molecular flexibility index (Phi) is 5.15. The average Bonchev–Trinajstić information content (AvgIpc) is 3.06. The Balaban J connectivity index is 2.18. The number of carboxylic acid groups (broad SMARTS) is 1. The van der Waals surface area contributed by atoms with Gasteiger partial charge in [-0.25, -0.2) is 18.9 Å². The lowest BCUT2D eigenvalue weighted by molar-refractivity contribution is 0.0697. The summed E-state index contributed by atoms with van der Waals surface area (Å²) in [5.74, 6) is -0.894. The molecule has 1 aromatic carbocycles. The molecule has 0 amide bonds. The van der Waals surface area contributed by atoms with E-state index in [2.05, 4.69) is 15.4 Å². The zero-order valence-corrected chi connectivity index (χ0v) is 15.9. The van der Waals surface area contributed by atoms with Crippen LogP contribution in [0.4, 0.5) is 16.0 Å². The van der Waals surface area contributed by atoms with Crippen LogP contribution in [-0.2, 0) is 12.0 Å². The number of nitrogens with two attached hydrogens (primary N) is 1. The molecular formula is C20H22FN5O2. The van der Waals surface area contributed by atoms with Gasteiger partial charge in [0.05, 0.1) is 11.4 Å². The maximum absolute atomic E-state index is 13.9. The van der Waals surface area contributed by atoms with E-state index in [1.807, 2.05) is 20.8 Å². The molecule has 0 bridgehead atoms. The van der Waals surface area contributed by atoms with Crippen LogP contribution in [0.2, 0.25) is 0 Å². The average molecular weight is 383 g/mol. The van der Waals surface area contributed by atoms with Gasteiger partial charge in [-0.05, 0) is 29.8 Å². The molecule has 3 rings (SSSR count). The summed E-state index contributed by atoms with van der Waals surface area (Å²) in [6, 6.07) is 9.10. The fourth-order valence-corrected chi connectivity index (χ4v) is 2.73. The van der Waals surface area contributed by atoms with Gasteiger partial charge in [-0.3, -0.25) is 0 Å². The SMILES string of the molecule is CC(C)(C)c1cc(Nc2ncccc2C(=O)O)n(-c2cc(F)ccc2CN)n1. The minimum Gasteiger partial charge on any atom is -0.478 e. The number of anilines is 2. The van der Waals surface area contributed by atoms with E-state index in [4.69, 9.17) is 5.73 Å². The molecule has 3 aromatic rings. The number of carbonyl (C=O) groups is 1. The second kappa shape index (κ2) is 7.40. The van der Waals surface area contributed by atoms with Gasteiger partial charge in [0.15, 0.2) is 0 Å². The van der Waals surface area contributed by atoms with E-state index in [0.29, 0.717) is 17.1 Å². The zero-order chi connectivity index (χ0) is 20.5. The lowest BCUT2D eigenvalue weighted by Crippen LogP contribution is -2.14. The van der Waals surface area contributed by atoms with E-state index < -0.39 is 11.8 Å². The molecule has 28 heavy (non-hydrogen) atoms. The number of aromatic nitrogens is 3. The maximum atomic E-state index is 13.9. The highest BCUT2D eigenvalue weighted by molar-refractivity contribution is 5.93. The van der Waals surface area contributed by atoms with Crippen molar-refractivity contribution in [1.29, 1.82) is 0 Å². The molecule has 4 N–H and O–H groups in total. The smallest absolute Gasteiger partial charge is 0.339 e. The van der Waals surface area contributed by atoms with Gasteiger partial charge in [0.25, 0.3) is 0 Å². The third-order valence-corrected chi connectivity index (χ3v) is 4.26. The lowest BCUT2D eigenvalue weighted by Gasteiger charge is -2.15. The molecule has 0 aliphatic rings. The third kappa shape index (κ3) is 3.86. The van der Waals surface area contributed by atoms with Gasteiger partial charge >= 0.3 is 5.97 Å². The Hall–Kier alpha value is -3.26. The van der Waals surface area contributed by atoms with E-state index >= 15 is 0 Å². The number of hydrogen-bond donors (Lipinski definition) is 3. The number of nitrogens with zero attached hydrogens (tertiary/aromatic N) is 3. The van der Waals surface area contributed by atoms with Gasteiger partial charge in [0, 0.05) is 24.2 Å². The Morgan fingerprint density at radius 1 is 1.29 bits per heavy atom. The first-order valence-electron chi connectivity index (χ1n) is 8.75. The number of halogens is 1. The highest BCUT2D eigenvalue weighted by atomic mass is 19.1. The van der Waals surface area contributed by atoms with Crippen LogP contribution >= 0.6 is 0 Å². The second-order valence-electron chi connectivity index (χ2n) is 7.38. The van der Waals surface area contributed by atoms with Crippen molar-refractivity contribution in [2.24, 2.45) is 5.73 Å². The molecule has 0 fully saturated rings. The van der Waals surface area contributed by atoms with E-state index in [1.165, 1.54) is 29.1 Å². The Bertz CT molecular complexity index is 1020. The van der Waals surface area contributed by atoms with E-state index in [9.17, 15) is 14.3 Å². The molecule has 0 unspecified atom stereocenters. The van der Waals surface area contributed by atoms with Crippen molar-refractivity contribution in [2.45, 2.75) is 32.7 Å². The molecule has 0 saturated carbocycles. The van der Waals surface area contributed by atoms with Crippen molar-refractivity contribution in [3.63, 3.8) is 0 Å². The van der Waals surface area contributed by atoms with Gasteiger partial charge in [-0.15, -0.1) is 0 Å². The first kappa shape index (κ1) is 19.5. The minimum atomic E-state index is -1.11. The standard InChI is InChI=1S/C20H22FN5O2/c1-20(2,3)16-10-17(24-18-14(19(27)28)5-4-8-23-18)26(25-16)15-9-13(21)7-6-12(15)11-22/h4-10H,11,22H2,1-3H3,(H,23,24)(H,27,28). The largest absolute Gasteiger partial charge is 0.478 e. The Labute approximate surface area is 162 Å². The van der Waals surface area contributed by atoms with Gasteiger partial charge < -0.3 is 16.2 Å². The monoisotopic (exact) mass is 383 g/mol. The molecule has 0 aliphatic carbocycles. The lowest BCUT2D eigenvalue weighted by atomic mass is 9.92. The third-order valence-electron chi connectivity index (χ3n) is 4.26. The summed E-state index contributed by atoms with van der Waals surface area (Å²) in [4.78, 5) is 15.6. The summed E-state index contributed by atoms with van der Waals surface area (Å²) >= 11 is 0. The maximum Gasteiger partial charge on any atom is 0.339 e.